The zero-order valence-corrected chi connectivity index (χ0v) is 11.6. The zero-order chi connectivity index (χ0) is 12.3. The lowest BCUT2D eigenvalue weighted by atomic mass is 9.83. The Labute approximate surface area is 105 Å². The predicted octanol–water partition coefficient (Wildman–Crippen LogP) is 3.99. The first-order chi connectivity index (χ1) is 7.49. The summed E-state index contributed by atoms with van der Waals surface area (Å²) in [6.07, 6.45) is 0.825. The van der Waals surface area contributed by atoms with Crippen molar-refractivity contribution in [2.45, 2.75) is 33.1 Å². The average Bonchev–Trinajstić information content (AvgIpc) is 2.22. The molecule has 2 N–H and O–H groups in total. The molecule has 0 aliphatic rings. The van der Waals surface area contributed by atoms with Crippen LogP contribution in [0.3, 0.4) is 0 Å². The molecule has 1 unspecified atom stereocenters. The Morgan fingerprint density at radius 3 is 2.50 bits per heavy atom. The SMILES string of the molecule is Cc1c(Br)ccc(F)c1C(CCN)C(C)C. The maximum absolute atomic E-state index is 13.9. The number of nitrogens with two attached hydrogens (primary N) is 1. The third-order valence-corrected chi connectivity index (χ3v) is 3.91. The second kappa shape index (κ2) is 5.78. The van der Waals surface area contributed by atoms with Crippen LogP contribution >= 0.6 is 15.9 Å². The lowest BCUT2D eigenvalue weighted by molar-refractivity contribution is 0.449. The van der Waals surface area contributed by atoms with Gasteiger partial charge in [-0.2, -0.15) is 0 Å². The van der Waals surface area contributed by atoms with Crippen molar-refractivity contribution < 1.29 is 4.39 Å². The first kappa shape index (κ1) is 13.7. The molecule has 1 aromatic rings. The van der Waals surface area contributed by atoms with Crippen molar-refractivity contribution in [3.8, 4) is 0 Å². The van der Waals surface area contributed by atoms with E-state index in [0.717, 1.165) is 22.0 Å². The quantitative estimate of drug-likeness (QED) is 0.891. The van der Waals surface area contributed by atoms with Gasteiger partial charge in [-0.3, -0.25) is 0 Å². The molecular formula is C13H19BrFN. The molecular weight excluding hydrogens is 269 g/mol. The van der Waals surface area contributed by atoms with Crippen molar-refractivity contribution >= 4 is 15.9 Å². The summed E-state index contributed by atoms with van der Waals surface area (Å²) in [4.78, 5) is 0. The minimum atomic E-state index is -0.118. The molecule has 0 saturated carbocycles. The number of halogens is 2. The van der Waals surface area contributed by atoms with Crippen molar-refractivity contribution in [2.24, 2.45) is 11.7 Å². The van der Waals surface area contributed by atoms with Crippen LogP contribution in [0.15, 0.2) is 16.6 Å². The highest BCUT2D eigenvalue weighted by Gasteiger charge is 2.21. The summed E-state index contributed by atoms with van der Waals surface area (Å²) in [6.45, 7) is 6.77. The highest BCUT2D eigenvalue weighted by Crippen LogP contribution is 2.34. The number of rotatable bonds is 4. The Bertz CT molecular complexity index is 363. The van der Waals surface area contributed by atoms with Crippen molar-refractivity contribution in [1.29, 1.82) is 0 Å². The van der Waals surface area contributed by atoms with E-state index in [2.05, 4.69) is 29.8 Å². The predicted molar refractivity (Wildman–Crippen MR) is 70.1 cm³/mol. The van der Waals surface area contributed by atoms with E-state index in [0.29, 0.717) is 12.5 Å². The van der Waals surface area contributed by atoms with Gasteiger partial charge in [0.2, 0.25) is 0 Å². The molecule has 90 valence electrons. The van der Waals surface area contributed by atoms with Gasteiger partial charge in [0.1, 0.15) is 5.82 Å². The molecule has 1 atom stereocenters. The largest absolute Gasteiger partial charge is 0.330 e. The number of hydrogen-bond donors (Lipinski definition) is 1. The topological polar surface area (TPSA) is 26.0 Å². The summed E-state index contributed by atoms with van der Waals surface area (Å²) >= 11 is 3.45. The lowest BCUT2D eigenvalue weighted by Gasteiger charge is -2.23. The fourth-order valence-electron chi connectivity index (χ4n) is 2.11. The molecule has 3 heteroatoms. The Morgan fingerprint density at radius 1 is 1.38 bits per heavy atom. The molecule has 0 aliphatic heterocycles. The van der Waals surface area contributed by atoms with E-state index in [1.54, 1.807) is 6.07 Å². The van der Waals surface area contributed by atoms with Gasteiger partial charge in [0.25, 0.3) is 0 Å². The minimum absolute atomic E-state index is 0.118. The molecule has 1 aromatic carbocycles. The fraction of sp³-hybridized carbons (Fsp3) is 0.538. The van der Waals surface area contributed by atoms with Crippen LogP contribution in [0, 0.1) is 18.7 Å². The van der Waals surface area contributed by atoms with Crippen LogP contribution in [-0.4, -0.2) is 6.54 Å². The Hall–Kier alpha value is -0.410. The molecule has 0 saturated heterocycles. The van der Waals surface area contributed by atoms with E-state index in [1.165, 1.54) is 6.07 Å². The number of benzene rings is 1. The second-order valence-corrected chi connectivity index (χ2v) is 5.35. The summed E-state index contributed by atoms with van der Waals surface area (Å²) in [5.41, 5.74) is 7.42. The van der Waals surface area contributed by atoms with Crippen LogP contribution < -0.4 is 5.73 Å². The molecule has 0 aromatic heterocycles. The van der Waals surface area contributed by atoms with E-state index < -0.39 is 0 Å². The van der Waals surface area contributed by atoms with E-state index >= 15 is 0 Å². The van der Waals surface area contributed by atoms with Crippen molar-refractivity contribution in [2.75, 3.05) is 6.54 Å². The Kier molecular flexibility index (Phi) is 4.93. The van der Waals surface area contributed by atoms with Gasteiger partial charge in [0.15, 0.2) is 0 Å². The summed E-state index contributed by atoms with van der Waals surface area (Å²) in [5.74, 6) is 0.474. The van der Waals surface area contributed by atoms with Gasteiger partial charge in [-0.15, -0.1) is 0 Å². The molecule has 0 heterocycles. The van der Waals surface area contributed by atoms with E-state index in [-0.39, 0.29) is 11.7 Å². The third-order valence-electron chi connectivity index (χ3n) is 3.05. The van der Waals surface area contributed by atoms with Gasteiger partial charge < -0.3 is 5.73 Å². The monoisotopic (exact) mass is 287 g/mol. The Morgan fingerprint density at radius 2 is 2.00 bits per heavy atom. The smallest absolute Gasteiger partial charge is 0.127 e. The maximum atomic E-state index is 13.9. The number of hydrogen-bond acceptors (Lipinski definition) is 1. The molecule has 0 spiro atoms. The van der Waals surface area contributed by atoms with Crippen LogP contribution in [0.1, 0.15) is 37.3 Å². The summed E-state index contributed by atoms with van der Waals surface area (Å²) in [5, 5.41) is 0. The van der Waals surface area contributed by atoms with Crippen LogP contribution in [0.25, 0.3) is 0 Å². The minimum Gasteiger partial charge on any atom is -0.330 e. The lowest BCUT2D eigenvalue weighted by Crippen LogP contribution is -2.15. The van der Waals surface area contributed by atoms with E-state index in [4.69, 9.17) is 5.73 Å². The van der Waals surface area contributed by atoms with Crippen LogP contribution in [0.4, 0.5) is 4.39 Å². The van der Waals surface area contributed by atoms with Crippen molar-refractivity contribution in [3.63, 3.8) is 0 Å². The molecule has 16 heavy (non-hydrogen) atoms. The molecule has 0 bridgehead atoms. The average molecular weight is 288 g/mol. The standard InChI is InChI=1S/C13H19BrFN/c1-8(2)10(6-7-16)13-9(3)11(14)4-5-12(13)15/h4-5,8,10H,6-7,16H2,1-3H3. The van der Waals surface area contributed by atoms with Gasteiger partial charge >= 0.3 is 0 Å². The van der Waals surface area contributed by atoms with E-state index in [1.807, 2.05) is 6.92 Å². The zero-order valence-electron chi connectivity index (χ0n) is 10.1. The first-order valence-corrected chi connectivity index (χ1v) is 6.42. The summed E-state index contributed by atoms with van der Waals surface area (Å²) in [6, 6.07) is 3.28. The first-order valence-electron chi connectivity index (χ1n) is 5.63. The molecule has 0 amide bonds. The van der Waals surface area contributed by atoms with Gasteiger partial charge in [-0.25, -0.2) is 4.39 Å². The fourth-order valence-corrected chi connectivity index (χ4v) is 2.46. The van der Waals surface area contributed by atoms with E-state index in [9.17, 15) is 4.39 Å². The van der Waals surface area contributed by atoms with Gasteiger partial charge in [0.05, 0.1) is 0 Å². The molecule has 0 radical (unpaired) electrons. The molecule has 0 fully saturated rings. The third kappa shape index (κ3) is 2.83. The van der Waals surface area contributed by atoms with Crippen LogP contribution in [-0.2, 0) is 0 Å². The normalized spacial score (nSPS) is 13.2. The maximum Gasteiger partial charge on any atom is 0.127 e. The summed E-state index contributed by atoms with van der Waals surface area (Å²) < 4.78 is 14.9. The van der Waals surface area contributed by atoms with Gasteiger partial charge in [-0.1, -0.05) is 29.8 Å². The second-order valence-electron chi connectivity index (χ2n) is 4.50. The summed E-state index contributed by atoms with van der Waals surface area (Å²) in [7, 11) is 0. The van der Waals surface area contributed by atoms with Crippen LogP contribution in [0.5, 0.6) is 0 Å². The van der Waals surface area contributed by atoms with Gasteiger partial charge in [-0.05, 0) is 55.0 Å². The highest BCUT2D eigenvalue weighted by molar-refractivity contribution is 9.10. The van der Waals surface area contributed by atoms with Crippen LogP contribution in [0.2, 0.25) is 0 Å². The Balaban J connectivity index is 3.22. The van der Waals surface area contributed by atoms with Crippen molar-refractivity contribution in [3.05, 3.63) is 33.5 Å². The molecule has 1 rings (SSSR count). The molecule has 1 nitrogen and oxygen atoms in total. The highest BCUT2D eigenvalue weighted by atomic mass is 79.9. The van der Waals surface area contributed by atoms with Crippen molar-refractivity contribution in [1.82, 2.24) is 0 Å². The van der Waals surface area contributed by atoms with Gasteiger partial charge in [0, 0.05) is 4.47 Å². The molecule has 0 aliphatic carbocycles.